The van der Waals surface area contributed by atoms with E-state index in [-0.39, 0.29) is 35.5 Å². The Morgan fingerprint density at radius 3 is 2.47 bits per heavy atom. The number of hydrazone groups is 1. The van der Waals surface area contributed by atoms with E-state index in [2.05, 4.69) is 27.3 Å². The monoisotopic (exact) mass is 474 g/mol. The summed E-state index contributed by atoms with van der Waals surface area (Å²) >= 11 is 0. The Kier molecular flexibility index (Phi) is 8.12. The number of halogens is 1. The van der Waals surface area contributed by atoms with Gasteiger partial charge < -0.3 is 25.9 Å². The standard InChI is InChI=1S/C22H27FN6O5/c1-12(34-13(2)28-24)18(30)27-22(3,4)21-26-16(17(33-6)20(32)29(21)5)19(31)25-11-14-7-9-15(23)10-8-14/h7-10H,1,11,24H2,2-6H3,(H,25,31)(H,27,30)/b28-13-. The number of amides is 2. The number of aromatic nitrogens is 2. The number of nitrogens with zero attached hydrogens (tertiary/aromatic N) is 3. The number of carbonyl (C=O) groups excluding carboxylic acids is 2. The van der Waals surface area contributed by atoms with Crippen molar-refractivity contribution in [2.24, 2.45) is 18.0 Å². The molecule has 1 aromatic carbocycles. The molecule has 34 heavy (non-hydrogen) atoms. The van der Waals surface area contributed by atoms with Gasteiger partial charge in [-0.05, 0) is 31.5 Å². The highest BCUT2D eigenvalue weighted by molar-refractivity contribution is 5.95. The molecule has 1 heterocycles. The summed E-state index contributed by atoms with van der Waals surface area (Å²) < 4.78 is 24.5. The smallest absolute Gasteiger partial charge is 0.296 e. The van der Waals surface area contributed by atoms with Crippen LogP contribution in [0.4, 0.5) is 4.39 Å². The fraction of sp³-hybridized carbons (Fsp3) is 0.318. The zero-order chi connectivity index (χ0) is 25.6. The number of rotatable bonds is 8. The fourth-order valence-corrected chi connectivity index (χ4v) is 3.01. The van der Waals surface area contributed by atoms with Gasteiger partial charge in [-0.2, -0.15) is 0 Å². The van der Waals surface area contributed by atoms with Gasteiger partial charge in [0.05, 0.1) is 12.6 Å². The fourth-order valence-electron chi connectivity index (χ4n) is 3.01. The molecular formula is C22H27FN6O5. The maximum atomic E-state index is 13.1. The van der Waals surface area contributed by atoms with Crippen molar-refractivity contribution in [3.05, 3.63) is 69.9 Å². The van der Waals surface area contributed by atoms with Crippen LogP contribution in [-0.4, -0.2) is 34.4 Å². The molecule has 0 unspecified atom stereocenters. The van der Waals surface area contributed by atoms with Crippen molar-refractivity contribution in [1.82, 2.24) is 20.2 Å². The number of ether oxygens (including phenoxy) is 2. The molecule has 0 radical (unpaired) electrons. The Hall–Kier alpha value is -4.22. The van der Waals surface area contributed by atoms with Crippen molar-refractivity contribution in [2.45, 2.75) is 32.9 Å². The van der Waals surface area contributed by atoms with E-state index in [1.54, 1.807) is 13.8 Å². The van der Waals surface area contributed by atoms with Crippen molar-refractivity contribution in [2.75, 3.05) is 7.11 Å². The third-order valence-electron chi connectivity index (χ3n) is 4.73. The van der Waals surface area contributed by atoms with E-state index in [9.17, 15) is 18.8 Å². The maximum absolute atomic E-state index is 13.1. The van der Waals surface area contributed by atoms with Gasteiger partial charge in [0.15, 0.2) is 11.5 Å². The molecule has 0 aliphatic heterocycles. The van der Waals surface area contributed by atoms with E-state index in [0.717, 1.165) is 4.57 Å². The number of hydrogen-bond acceptors (Lipinski definition) is 8. The second kappa shape index (κ2) is 10.6. The predicted molar refractivity (Wildman–Crippen MR) is 122 cm³/mol. The average Bonchev–Trinajstić information content (AvgIpc) is 2.79. The highest BCUT2D eigenvalue weighted by atomic mass is 19.1. The van der Waals surface area contributed by atoms with Gasteiger partial charge in [-0.1, -0.05) is 18.7 Å². The van der Waals surface area contributed by atoms with Gasteiger partial charge in [0.1, 0.15) is 11.6 Å². The van der Waals surface area contributed by atoms with Crippen LogP contribution in [0.3, 0.4) is 0 Å². The molecule has 0 aliphatic rings. The Morgan fingerprint density at radius 1 is 1.29 bits per heavy atom. The van der Waals surface area contributed by atoms with Crippen LogP contribution in [0.25, 0.3) is 0 Å². The molecule has 2 aromatic rings. The highest BCUT2D eigenvalue weighted by Gasteiger charge is 2.32. The second-order valence-electron chi connectivity index (χ2n) is 7.74. The molecule has 0 aliphatic carbocycles. The maximum Gasteiger partial charge on any atom is 0.296 e. The van der Waals surface area contributed by atoms with Crippen molar-refractivity contribution < 1.29 is 23.5 Å². The van der Waals surface area contributed by atoms with Crippen molar-refractivity contribution in [3.8, 4) is 5.75 Å². The summed E-state index contributed by atoms with van der Waals surface area (Å²) in [6, 6.07) is 5.56. The molecule has 0 saturated heterocycles. The number of nitrogens with two attached hydrogens (primary N) is 1. The molecule has 2 amide bonds. The molecule has 182 valence electrons. The van der Waals surface area contributed by atoms with Crippen molar-refractivity contribution in [1.29, 1.82) is 0 Å². The molecule has 1 aromatic heterocycles. The summed E-state index contributed by atoms with van der Waals surface area (Å²) in [5.74, 6) is 2.82. The van der Waals surface area contributed by atoms with Crippen LogP contribution in [0, 0.1) is 5.82 Å². The summed E-state index contributed by atoms with van der Waals surface area (Å²) in [7, 11) is 2.67. The van der Waals surface area contributed by atoms with Gasteiger partial charge in [-0.15, -0.1) is 5.10 Å². The topological polar surface area (TPSA) is 150 Å². The van der Waals surface area contributed by atoms with E-state index >= 15 is 0 Å². The molecule has 12 heteroatoms. The normalized spacial score (nSPS) is 11.5. The minimum Gasteiger partial charge on any atom is -0.489 e. The van der Waals surface area contributed by atoms with Crippen molar-refractivity contribution >= 4 is 17.7 Å². The number of carbonyl (C=O) groups is 2. The Balaban J connectivity index is 2.36. The molecule has 0 saturated carbocycles. The van der Waals surface area contributed by atoms with Gasteiger partial charge >= 0.3 is 0 Å². The van der Waals surface area contributed by atoms with Crippen LogP contribution in [0.15, 0.2) is 46.5 Å². The van der Waals surface area contributed by atoms with E-state index < -0.39 is 28.7 Å². The Labute approximate surface area is 195 Å². The molecule has 0 atom stereocenters. The number of benzene rings is 1. The van der Waals surface area contributed by atoms with Gasteiger partial charge in [0, 0.05) is 20.5 Å². The third-order valence-corrected chi connectivity index (χ3v) is 4.73. The van der Waals surface area contributed by atoms with Crippen LogP contribution < -0.4 is 26.8 Å². The number of methoxy groups -OCH3 is 1. The first-order valence-electron chi connectivity index (χ1n) is 10.0. The molecule has 2 rings (SSSR count). The van der Waals surface area contributed by atoms with Gasteiger partial charge in [0.2, 0.25) is 11.6 Å². The predicted octanol–water partition coefficient (Wildman–Crippen LogP) is 1.03. The number of hydrogen-bond donors (Lipinski definition) is 3. The van der Waals surface area contributed by atoms with Gasteiger partial charge in [-0.25, -0.2) is 9.37 Å². The molecule has 11 nitrogen and oxygen atoms in total. The lowest BCUT2D eigenvalue weighted by Crippen LogP contribution is -2.46. The lowest BCUT2D eigenvalue weighted by molar-refractivity contribution is -0.121. The largest absolute Gasteiger partial charge is 0.489 e. The Morgan fingerprint density at radius 2 is 1.91 bits per heavy atom. The molecular weight excluding hydrogens is 447 g/mol. The highest BCUT2D eigenvalue weighted by Crippen LogP contribution is 2.21. The molecule has 0 fully saturated rings. The second-order valence-corrected chi connectivity index (χ2v) is 7.74. The minimum atomic E-state index is -1.25. The number of nitrogens with one attached hydrogen (secondary N) is 2. The summed E-state index contributed by atoms with van der Waals surface area (Å²) in [6.07, 6.45) is 0. The van der Waals surface area contributed by atoms with Crippen LogP contribution in [0.2, 0.25) is 0 Å². The zero-order valence-electron chi connectivity index (χ0n) is 19.6. The lowest BCUT2D eigenvalue weighted by atomic mass is 10.0. The molecule has 0 bridgehead atoms. The SMILES string of the molecule is C=C(O/C(C)=N\N)C(=O)NC(C)(C)c1nc(C(=O)NCc2ccc(F)cc2)c(OC)c(=O)n1C. The minimum absolute atomic E-state index is 0.0213. The van der Waals surface area contributed by atoms with Crippen LogP contribution in [-0.2, 0) is 28.7 Å². The molecule has 4 N–H and O–H groups in total. The van der Waals surface area contributed by atoms with E-state index in [1.165, 1.54) is 45.3 Å². The zero-order valence-corrected chi connectivity index (χ0v) is 19.6. The van der Waals surface area contributed by atoms with Crippen LogP contribution in [0.5, 0.6) is 5.75 Å². The average molecular weight is 474 g/mol. The van der Waals surface area contributed by atoms with Gasteiger partial charge in [-0.3, -0.25) is 19.0 Å². The first-order chi connectivity index (χ1) is 15.9. The first-order valence-corrected chi connectivity index (χ1v) is 10.0. The van der Waals surface area contributed by atoms with E-state index in [1.807, 2.05) is 0 Å². The third kappa shape index (κ3) is 5.97. The summed E-state index contributed by atoms with van der Waals surface area (Å²) in [5, 5.41) is 8.57. The first kappa shape index (κ1) is 26.0. The van der Waals surface area contributed by atoms with Crippen LogP contribution >= 0.6 is 0 Å². The lowest BCUT2D eigenvalue weighted by Gasteiger charge is -2.28. The van der Waals surface area contributed by atoms with Crippen molar-refractivity contribution in [3.63, 3.8) is 0 Å². The van der Waals surface area contributed by atoms with Crippen LogP contribution in [0.1, 0.15) is 42.6 Å². The summed E-state index contributed by atoms with van der Waals surface area (Å²) in [4.78, 5) is 42.6. The van der Waals surface area contributed by atoms with Gasteiger partial charge in [0.25, 0.3) is 17.4 Å². The summed E-state index contributed by atoms with van der Waals surface area (Å²) in [6.45, 7) is 8.19. The van der Waals surface area contributed by atoms with E-state index in [0.29, 0.717) is 5.56 Å². The molecule has 0 spiro atoms. The van der Waals surface area contributed by atoms with E-state index in [4.69, 9.17) is 15.3 Å². The Bertz CT molecular complexity index is 1190. The summed E-state index contributed by atoms with van der Waals surface area (Å²) in [5.41, 5.74) is -1.52. The quantitative estimate of drug-likeness (QED) is 0.129.